The van der Waals surface area contributed by atoms with E-state index in [1.165, 1.54) is 0 Å². The Hall–Kier alpha value is -1.91. The summed E-state index contributed by atoms with van der Waals surface area (Å²) in [4.78, 5) is 2.21. The number of halogens is 2. The quantitative estimate of drug-likeness (QED) is 0.542. The van der Waals surface area contributed by atoms with Gasteiger partial charge in [0.2, 0.25) is 0 Å². The van der Waals surface area contributed by atoms with Gasteiger partial charge in [0.15, 0.2) is 9.79 Å². The van der Waals surface area contributed by atoms with Crippen molar-refractivity contribution in [2.24, 2.45) is 0 Å². The molecule has 5 heteroatoms. The highest BCUT2D eigenvalue weighted by Gasteiger charge is 2.27. The molecule has 0 saturated carbocycles. The van der Waals surface area contributed by atoms with Crippen LogP contribution in [0, 0.1) is 22.7 Å². The maximum Gasteiger partial charge on any atom is 0.161 e. The van der Waals surface area contributed by atoms with Crippen LogP contribution in [-0.4, -0.2) is 5.75 Å². The van der Waals surface area contributed by atoms with E-state index in [4.69, 9.17) is 33.7 Å². The monoisotopic (exact) mass is 359 g/mol. The number of hydrogen-bond acceptors (Lipinski definition) is 2. The summed E-state index contributed by atoms with van der Waals surface area (Å²) in [5.41, 5.74) is 0.952. The van der Waals surface area contributed by atoms with Crippen molar-refractivity contribution in [1.82, 2.24) is 0 Å². The molecule has 0 bridgehead atoms. The van der Waals surface area contributed by atoms with Crippen LogP contribution in [0.25, 0.3) is 0 Å². The molecular formula is C18H13Cl2N2S+. The Labute approximate surface area is 148 Å². The molecule has 2 nitrogen and oxygen atoms in total. The van der Waals surface area contributed by atoms with Crippen molar-refractivity contribution in [3.05, 3.63) is 69.7 Å². The highest BCUT2D eigenvalue weighted by Crippen LogP contribution is 2.28. The first kappa shape index (κ1) is 17.4. The van der Waals surface area contributed by atoms with Gasteiger partial charge in [-0.3, -0.25) is 0 Å². The lowest BCUT2D eigenvalue weighted by molar-refractivity contribution is 1.29. The molecule has 0 N–H and O–H groups in total. The van der Waals surface area contributed by atoms with Crippen LogP contribution in [0.3, 0.4) is 0 Å². The van der Waals surface area contributed by atoms with Crippen LogP contribution in [0.15, 0.2) is 69.5 Å². The van der Waals surface area contributed by atoms with Crippen molar-refractivity contribution in [3.8, 4) is 12.1 Å². The summed E-state index contributed by atoms with van der Waals surface area (Å²) >= 11 is 11.9. The lowest BCUT2D eigenvalue weighted by atomic mass is 10.2. The Bertz CT molecular complexity index is 735. The van der Waals surface area contributed by atoms with Crippen molar-refractivity contribution in [1.29, 1.82) is 10.5 Å². The van der Waals surface area contributed by atoms with E-state index in [0.29, 0.717) is 15.8 Å². The van der Waals surface area contributed by atoms with Crippen LogP contribution in [-0.2, 0) is 10.9 Å². The molecule has 2 rings (SSSR count). The minimum absolute atomic E-state index is 0.172. The molecule has 0 fully saturated rings. The van der Waals surface area contributed by atoms with Crippen LogP contribution in [0.1, 0.15) is 6.92 Å². The van der Waals surface area contributed by atoms with Gasteiger partial charge in [0.1, 0.15) is 23.5 Å². The molecule has 0 aromatic heterocycles. The molecule has 0 aliphatic carbocycles. The first-order valence-electron chi connectivity index (χ1n) is 6.77. The Morgan fingerprint density at radius 3 is 1.61 bits per heavy atom. The molecule has 2 aromatic carbocycles. The Kier molecular flexibility index (Phi) is 6.13. The number of rotatable bonds is 4. The smallest absolute Gasteiger partial charge is 0.161 e. The van der Waals surface area contributed by atoms with E-state index in [-0.39, 0.29) is 16.5 Å². The van der Waals surface area contributed by atoms with E-state index in [1.807, 2.05) is 67.6 Å². The maximum absolute atomic E-state index is 9.06. The van der Waals surface area contributed by atoms with Crippen molar-refractivity contribution in [2.45, 2.75) is 16.7 Å². The molecule has 0 heterocycles. The van der Waals surface area contributed by atoms with Gasteiger partial charge in [-0.15, -0.1) is 0 Å². The van der Waals surface area contributed by atoms with Crippen LogP contribution in [0.5, 0.6) is 0 Å². The number of hydrogen-bond donors (Lipinski definition) is 0. The van der Waals surface area contributed by atoms with E-state index < -0.39 is 0 Å². The molecule has 0 radical (unpaired) electrons. The highest BCUT2D eigenvalue weighted by molar-refractivity contribution is 7.97. The molecule has 0 atom stereocenters. The summed E-state index contributed by atoms with van der Waals surface area (Å²) in [6.07, 6.45) is 0. The van der Waals surface area contributed by atoms with Crippen molar-refractivity contribution >= 4 is 34.1 Å². The summed E-state index contributed by atoms with van der Waals surface area (Å²) in [6, 6.07) is 19.2. The zero-order valence-corrected chi connectivity index (χ0v) is 14.7. The van der Waals surface area contributed by atoms with Crippen LogP contribution in [0.2, 0.25) is 10.0 Å². The molecular weight excluding hydrogens is 347 g/mol. The Balaban J connectivity index is 2.46. The van der Waals surface area contributed by atoms with Gasteiger partial charge >= 0.3 is 0 Å². The van der Waals surface area contributed by atoms with Crippen molar-refractivity contribution < 1.29 is 0 Å². The first-order valence-corrected chi connectivity index (χ1v) is 8.92. The van der Waals surface area contributed by atoms with Gasteiger partial charge in [0, 0.05) is 15.6 Å². The third kappa shape index (κ3) is 4.53. The van der Waals surface area contributed by atoms with Crippen molar-refractivity contribution in [2.75, 3.05) is 5.75 Å². The lowest BCUT2D eigenvalue weighted by Gasteiger charge is -2.09. The fourth-order valence-electron chi connectivity index (χ4n) is 2.01. The van der Waals surface area contributed by atoms with Gasteiger partial charge in [-0.1, -0.05) is 23.2 Å². The van der Waals surface area contributed by atoms with Gasteiger partial charge in [-0.25, -0.2) is 0 Å². The van der Waals surface area contributed by atoms with E-state index >= 15 is 0 Å². The Morgan fingerprint density at radius 1 is 0.870 bits per heavy atom. The van der Waals surface area contributed by atoms with E-state index in [9.17, 15) is 0 Å². The Morgan fingerprint density at radius 2 is 1.26 bits per heavy atom. The zero-order valence-electron chi connectivity index (χ0n) is 12.4. The SMILES string of the molecule is CC(C[S+](c1ccc(Cl)cc1)c1ccc(Cl)cc1)=C(C#N)C#N. The summed E-state index contributed by atoms with van der Waals surface area (Å²) in [6.45, 7) is 1.83. The second-order valence-corrected chi connectivity index (χ2v) is 7.71. The topological polar surface area (TPSA) is 47.6 Å². The molecule has 0 unspecified atom stereocenters. The third-order valence-electron chi connectivity index (χ3n) is 3.21. The highest BCUT2D eigenvalue weighted by atomic mass is 35.5. The lowest BCUT2D eigenvalue weighted by Crippen LogP contribution is -2.11. The second-order valence-electron chi connectivity index (χ2n) is 4.82. The van der Waals surface area contributed by atoms with Gasteiger partial charge in [-0.2, -0.15) is 10.5 Å². The summed E-state index contributed by atoms with van der Waals surface area (Å²) < 4.78 is 0. The van der Waals surface area contributed by atoms with E-state index in [2.05, 4.69) is 0 Å². The van der Waals surface area contributed by atoms with Gasteiger partial charge < -0.3 is 0 Å². The predicted octanol–water partition coefficient (Wildman–Crippen LogP) is 5.39. The van der Waals surface area contributed by atoms with Gasteiger partial charge in [0.25, 0.3) is 0 Å². The van der Waals surface area contributed by atoms with Gasteiger partial charge in [0.05, 0.1) is 10.9 Å². The number of benzene rings is 2. The number of allylic oxidation sites excluding steroid dienone is 1. The minimum Gasteiger partial charge on any atom is -0.192 e. The number of nitriles is 2. The summed E-state index contributed by atoms with van der Waals surface area (Å²) in [7, 11) is -0.299. The fourth-order valence-corrected chi connectivity index (χ4v) is 4.37. The average molecular weight is 360 g/mol. The molecule has 23 heavy (non-hydrogen) atoms. The minimum atomic E-state index is -0.299. The average Bonchev–Trinajstić information content (AvgIpc) is 2.56. The largest absolute Gasteiger partial charge is 0.192 e. The van der Waals surface area contributed by atoms with Gasteiger partial charge in [-0.05, 0) is 55.5 Å². The van der Waals surface area contributed by atoms with Crippen LogP contribution in [0.4, 0.5) is 0 Å². The predicted molar refractivity (Wildman–Crippen MR) is 95.6 cm³/mol. The second kappa shape index (κ2) is 8.09. The number of nitrogens with zero attached hydrogens (tertiary/aromatic N) is 2. The third-order valence-corrected chi connectivity index (χ3v) is 6.12. The normalized spacial score (nSPS) is 10.0. The fraction of sp³-hybridized carbons (Fsp3) is 0.111. The molecule has 0 spiro atoms. The molecule has 2 aromatic rings. The summed E-state index contributed by atoms with van der Waals surface area (Å²) in [5.74, 6) is 0.611. The standard InChI is InChI=1S/C18H13Cl2N2S/c1-13(14(10-21)11-22)12-23(17-6-2-15(19)3-7-17)18-8-4-16(20)5-9-18/h2-9H,12H2,1H3/q+1. The van der Waals surface area contributed by atoms with Crippen LogP contribution >= 0.6 is 23.2 Å². The van der Waals surface area contributed by atoms with E-state index in [1.54, 1.807) is 0 Å². The zero-order chi connectivity index (χ0) is 16.8. The molecule has 0 amide bonds. The maximum atomic E-state index is 9.06. The summed E-state index contributed by atoms with van der Waals surface area (Å²) in [5, 5.41) is 19.5. The molecule has 114 valence electrons. The first-order chi connectivity index (χ1) is 11.0. The van der Waals surface area contributed by atoms with Crippen LogP contribution < -0.4 is 0 Å². The van der Waals surface area contributed by atoms with Crippen molar-refractivity contribution in [3.63, 3.8) is 0 Å². The molecule has 0 saturated heterocycles. The molecule has 0 aliphatic rings. The molecule has 0 aliphatic heterocycles. The van der Waals surface area contributed by atoms with E-state index in [0.717, 1.165) is 15.4 Å².